The Morgan fingerprint density at radius 2 is 1.95 bits per heavy atom. The van der Waals surface area contributed by atoms with Crippen LogP contribution in [-0.2, 0) is 6.54 Å². The van der Waals surface area contributed by atoms with Gasteiger partial charge in [0.05, 0.1) is 5.69 Å². The highest BCUT2D eigenvalue weighted by Gasteiger charge is 2.17. The number of hydrogen-bond donors (Lipinski definition) is 1. The number of aryl methyl sites for hydroxylation is 2. The topological polar surface area (TPSA) is 80.0 Å². The van der Waals surface area contributed by atoms with Crippen LogP contribution in [0.2, 0.25) is 5.28 Å². The maximum absolute atomic E-state index is 5.99. The minimum Gasteiger partial charge on any atom is -0.361 e. The quantitative estimate of drug-likeness (QED) is 0.928. The molecule has 7 nitrogen and oxygen atoms in total. The second-order valence-electron chi connectivity index (χ2n) is 5.08. The van der Waals surface area contributed by atoms with Crippen LogP contribution in [0.15, 0.2) is 4.52 Å². The van der Waals surface area contributed by atoms with Gasteiger partial charge in [-0.1, -0.05) is 5.16 Å². The van der Waals surface area contributed by atoms with Crippen molar-refractivity contribution in [2.24, 2.45) is 0 Å². The van der Waals surface area contributed by atoms with Crippen LogP contribution in [0.3, 0.4) is 0 Å². The normalized spacial score (nSPS) is 14.7. The molecule has 8 heteroatoms. The van der Waals surface area contributed by atoms with Crippen molar-refractivity contribution in [1.29, 1.82) is 0 Å². The highest BCUT2D eigenvalue weighted by molar-refractivity contribution is 6.28. The van der Waals surface area contributed by atoms with Gasteiger partial charge in [-0.05, 0) is 38.3 Å². The predicted molar refractivity (Wildman–Crippen MR) is 79.6 cm³/mol. The fraction of sp³-hybridized carbons (Fsp3) is 0.538. The van der Waals surface area contributed by atoms with Crippen molar-refractivity contribution in [3.05, 3.63) is 22.3 Å². The van der Waals surface area contributed by atoms with Crippen LogP contribution in [0.4, 0.5) is 11.9 Å². The first kappa shape index (κ1) is 14.1. The minimum atomic E-state index is 0.202. The van der Waals surface area contributed by atoms with E-state index in [2.05, 4.69) is 30.3 Å². The van der Waals surface area contributed by atoms with Gasteiger partial charge in [-0.2, -0.15) is 15.0 Å². The zero-order valence-electron chi connectivity index (χ0n) is 12.1. The second kappa shape index (κ2) is 5.85. The maximum atomic E-state index is 5.99. The van der Waals surface area contributed by atoms with E-state index in [1.165, 1.54) is 0 Å². The number of hydrogen-bond acceptors (Lipinski definition) is 7. The second-order valence-corrected chi connectivity index (χ2v) is 5.42. The molecule has 0 saturated carbocycles. The minimum absolute atomic E-state index is 0.202. The summed E-state index contributed by atoms with van der Waals surface area (Å²) < 4.78 is 5.13. The first-order valence-corrected chi connectivity index (χ1v) is 7.33. The number of rotatable bonds is 4. The standard InChI is InChI=1S/C13H17ClN6O/c1-8-10(9(2)21-19-8)7-15-12-16-11(14)17-13(18-12)20-5-3-4-6-20/h3-7H2,1-2H3,(H,15,16,17,18). The lowest BCUT2D eigenvalue weighted by atomic mass is 10.2. The molecule has 0 aromatic carbocycles. The van der Waals surface area contributed by atoms with Crippen molar-refractivity contribution < 1.29 is 4.52 Å². The number of anilines is 2. The molecule has 0 aliphatic carbocycles. The summed E-state index contributed by atoms with van der Waals surface area (Å²) in [6, 6.07) is 0. The molecule has 1 aliphatic heterocycles. The third-order valence-corrected chi connectivity index (χ3v) is 3.76. The molecule has 1 aliphatic rings. The summed E-state index contributed by atoms with van der Waals surface area (Å²) in [5, 5.41) is 7.29. The molecule has 21 heavy (non-hydrogen) atoms. The Balaban J connectivity index is 1.76. The molecule has 0 radical (unpaired) electrons. The van der Waals surface area contributed by atoms with Gasteiger partial charge in [0.1, 0.15) is 5.76 Å². The molecule has 3 rings (SSSR count). The highest BCUT2D eigenvalue weighted by atomic mass is 35.5. The molecule has 0 unspecified atom stereocenters. The van der Waals surface area contributed by atoms with Gasteiger partial charge in [-0.15, -0.1) is 0 Å². The summed E-state index contributed by atoms with van der Waals surface area (Å²) in [5.74, 6) is 1.89. The monoisotopic (exact) mass is 308 g/mol. The average molecular weight is 309 g/mol. The molecule has 0 bridgehead atoms. The van der Waals surface area contributed by atoms with Gasteiger partial charge < -0.3 is 14.7 Å². The summed E-state index contributed by atoms with van der Waals surface area (Å²) in [7, 11) is 0. The molecular weight excluding hydrogens is 292 g/mol. The lowest BCUT2D eigenvalue weighted by molar-refractivity contribution is 0.392. The zero-order valence-corrected chi connectivity index (χ0v) is 12.8. The van der Waals surface area contributed by atoms with E-state index in [9.17, 15) is 0 Å². The van der Waals surface area contributed by atoms with Gasteiger partial charge >= 0.3 is 0 Å². The summed E-state index contributed by atoms with van der Waals surface area (Å²) in [6.07, 6.45) is 2.32. The molecule has 1 fully saturated rings. The SMILES string of the molecule is Cc1noc(C)c1CNc1nc(Cl)nc(N2CCCC2)n1. The molecule has 0 amide bonds. The molecule has 1 N–H and O–H groups in total. The third kappa shape index (κ3) is 3.07. The lowest BCUT2D eigenvalue weighted by Crippen LogP contribution is -2.21. The van der Waals surface area contributed by atoms with Gasteiger partial charge in [-0.25, -0.2) is 0 Å². The number of halogens is 1. The molecular formula is C13H17ClN6O. The highest BCUT2D eigenvalue weighted by Crippen LogP contribution is 2.19. The van der Waals surface area contributed by atoms with Crippen LogP contribution in [0, 0.1) is 13.8 Å². The van der Waals surface area contributed by atoms with Gasteiger partial charge in [0.25, 0.3) is 0 Å². The van der Waals surface area contributed by atoms with E-state index >= 15 is 0 Å². The van der Waals surface area contributed by atoms with Crippen LogP contribution in [-0.4, -0.2) is 33.2 Å². The van der Waals surface area contributed by atoms with Crippen molar-refractivity contribution >= 4 is 23.5 Å². The van der Waals surface area contributed by atoms with Gasteiger partial charge in [0.15, 0.2) is 0 Å². The van der Waals surface area contributed by atoms with Crippen molar-refractivity contribution in [1.82, 2.24) is 20.1 Å². The number of aromatic nitrogens is 4. The van der Waals surface area contributed by atoms with E-state index in [1.54, 1.807) is 0 Å². The van der Waals surface area contributed by atoms with E-state index in [0.29, 0.717) is 18.4 Å². The number of nitrogens with zero attached hydrogens (tertiary/aromatic N) is 5. The van der Waals surface area contributed by atoms with Crippen molar-refractivity contribution in [3.63, 3.8) is 0 Å². The van der Waals surface area contributed by atoms with Gasteiger partial charge in [0, 0.05) is 25.2 Å². The molecule has 2 aromatic rings. The van der Waals surface area contributed by atoms with E-state index in [4.69, 9.17) is 16.1 Å². The molecule has 2 aromatic heterocycles. The fourth-order valence-corrected chi connectivity index (χ4v) is 2.55. The largest absolute Gasteiger partial charge is 0.361 e. The van der Waals surface area contributed by atoms with Crippen LogP contribution in [0.5, 0.6) is 0 Å². The summed E-state index contributed by atoms with van der Waals surface area (Å²) in [5.41, 5.74) is 1.87. The Kier molecular flexibility index (Phi) is 3.92. The first-order valence-electron chi connectivity index (χ1n) is 6.95. The van der Waals surface area contributed by atoms with E-state index in [0.717, 1.165) is 42.9 Å². The average Bonchev–Trinajstić information content (AvgIpc) is 3.08. The van der Waals surface area contributed by atoms with Crippen LogP contribution >= 0.6 is 11.6 Å². The maximum Gasteiger partial charge on any atom is 0.231 e. The molecule has 112 valence electrons. The van der Waals surface area contributed by atoms with Crippen LogP contribution < -0.4 is 10.2 Å². The third-order valence-electron chi connectivity index (χ3n) is 3.59. The van der Waals surface area contributed by atoms with Crippen molar-refractivity contribution in [2.45, 2.75) is 33.2 Å². The Morgan fingerprint density at radius 1 is 1.19 bits per heavy atom. The van der Waals surface area contributed by atoms with E-state index in [-0.39, 0.29) is 5.28 Å². The first-order chi connectivity index (χ1) is 10.1. The molecule has 0 spiro atoms. The summed E-state index contributed by atoms with van der Waals surface area (Å²) in [4.78, 5) is 14.9. The molecule has 3 heterocycles. The smallest absolute Gasteiger partial charge is 0.231 e. The van der Waals surface area contributed by atoms with Gasteiger partial charge in [0.2, 0.25) is 17.2 Å². The van der Waals surface area contributed by atoms with E-state index < -0.39 is 0 Å². The van der Waals surface area contributed by atoms with Gasteiger partial charge in [-0.3, -0.25) is 0 Å². The molecule has 1 saturated heterocycles. The Hall–Kier alpha value is -1.89. The summed E-state index contributed by atoms with van der Waals surface area (Å²) in [6.45, 7) is 6.25. The van der Waals surface area contributed by atoms with Crippen LogP contribution in [0.1, 0.15) is 29.9 Å². The predicted octanol–water partition coefficient (Wildman–Crippen LogP) is 2.34. The van der Waals surface area contributed by atoms with Crippen molar-refractivity contribution in [2.75, 3.05) is 23.3 Å². The Bertz CT molecular complexity index is 618. The zero-order chi connectivity index (χ0) is 14.8. The fourth-order valence-electron chi connectivity index (χ4n) is 2.40. The number of nitrogens with one attached hydrogen (secondary N) is 1. The van der Waals surface area contributed by atoms with Crippen LogP contribution in [0.25, 0.3) is 0 Å². The summed E-state index contributed by atoms with van der Waals surface area (Å²) >= 11 is 5.99. The van der Waals surface area contributed by atoms with Crippen molar-refractivity contribution in [3.8, 4) is 0 Å². The molecule has 0 atom stereocenters. The lowest BCUT2D eigenvalue weighted by Gasteiger charge is -2.15. The Morgan fingerprint density at radius 3 is 2.62 bits per heavy atom. The van der Waals surface area contributed by atoms with E-state index in [1.807, 2.05) is 13.8 Å². The Labute approximate surface area is 127 Å².